The van der Waals surface area contributed by atoms with Gasteiger partial charge in [-0.15, -0.1) is 0 Å². The fraction of sp³-hybridized carbons (Fsp3) is 0.667. The minimum absolute atomic E-state index is 0.00786. The standard InChI is InChI=1S/C21H29ClO2/c1-13(2)15-11-14-7-8-18-20(3,16(14)12-17(15)22)9-6-10-21(18,4)19(23)24-5/h11-13,18H,6-10H2,1-5H3/t18-,20-,21-/m1/s1. The first-order chi connectivity index (χ1) is 11.2. The largest absolute Gasteiger partial charge is 0.469 e. The molecule has 0 amide bonds. The quantitative estimate of drug-likeness (QED) is 0.646. The maximum Gasteiger partial charge on any atom is 0.311 e. The summed E-state index contributed by atoms with van der Waals surface area (Å²) in [6.45, 7) is 8.82. The van der Waals surface area contributed by atoms with Gasteiger partial charge < -0.3 is 4.74 Å². The molecule has 132 valence electrons. The van der Waals surface area contributed by atoms with Crippen LogP contribution in [0.5, 0.6) is 0 Å². The normalized spacial score (nSPS) is 32.2. The van der Waals surface area contributed by atoms with Crippen LogP contribution in [0.2, 0.25) is 5.02 Å². The lowest BCUT2D eigenvalue weighted by atomic mass is 9.49. The van der Waals surface area contributed by atoms with Crippen LogP contribution in [0.15, 0.2) is 12.1 Å². The number of aryl methyl sites for hydroxylation is 1. The summed E-state index contributed by atoms with van der Waals surface area (Å²) in [6, 6.07) is 4.51. The van der Waals surface area contributed by atoms with E-state index in [-0.39, 0.29) is 16.8 Å². The topological polar surface area (TPSA) is 26.3 Å². The number of ether oxygens (including phenoxy) is 1. The number of rotatable bonds is 2. The van der Waals surface area contributed by atoms with E-state index in [4.69, 9.17) is 16.3 Å². The zero-order valence-corrected chi connectivity index (χ0v) is 16.3. The van der Waals surface area contributed by atoms with Gasteiger partial charge in [0.25, 0.3) is 0 Å². The average Bonchev–Trinajstić information content (AvgIpc) is 2.53. The third-order valence-electron chi connectivity index (χ3n) is 6.74. The van der Waals surface area contributed by atoms with Crippen LogP contribution in [0.3, 0.4) is 0 Å². The number of carbonyl (C=O) groups is 1. The third kappa shape index (κ3) is 2.49. The Balaban J connectivity index is 2.11. The van der Waals surface area contributed by atoms with Gasteiger partial charge >= 0.3 is 5.97 Å². The Bertz CT molecular complexity index is 666. The molecule has 0 saturated heterocycles. The molecule has 24 heavy (non-hydrogen) atoms. The van der Waals surface area contributed by atoms with Crippen LogP contribution in [0.25, 0.3) is 0 Å². The lowest BCUT2D eigenvalue weighted by Gasteiger charge is -2.54. The fourth-order valence-corrected chi connectivity index (χ4v) is 5.81. The lowest BCUT2D eigenvalue weighted by molar-refractivity contribution is -0.161. The molecule has 0 unspecified atom stereocenters. The smallest absolute Gasteiger partial charge is 0.311 e. The Morgan fingerprint density at radius 3 is 2.62 bits per heavy atom. The second kappa shape index (κ2) is 6.05. The molecule has 0 radical (unpaired) electrons. The number of hydrogen-bond acceptors (Lipinski definition) is 2. The molecule has 3 atom stereocenters. The molecular weight excluding hydrogens is 320 g/mol. The van der Waals surface area contributed by atoms with Crippen molar-refractivity contribution >= 4 is 17.6 Å². The van der Waals surface area contributed by atoms with Crippen molar-refractivity contribution in [2.24, 2.45) is 11.3 Å². The van der Waals surface area contributed by atoms with E-state index in [1.54, 1.807) is 0 Å². The minimum Gasteiger partial charge on any atom is -0.469 e. The van der Waals surface area contributed by atoms with Crippen molar-refractivity contribution in [3.63, 3.8) is 0 Å². The van der Waals surface area contributed by atoms with Crippen LogP contribution in [-0.2, 0) is 21.4 Å². The summed E-state index contributed by atoms with van der Waals surface area (Å²) in [7, 11) is 1.52. The molecule has 1 aromatic rings. The van der Waals surface area contributed by atoms with Crippen LogP contribution in [0.1, 0.15) is 76.0 Å². The number of halogens is 1. The second-order valence-electron chi connectivity index (χ2n) is 8.46. The summed E-state index contributed by atoms with van der Waals surface area (Å²) in [6.07, 6.45) is 5.18. The lowest BCUT2D eigenvalue weighted by Crippen LogP contribution is -2.52. The molecule has 2 aliphatic carbocycles. The van der Waals surface area contributed by atoms with Crippen molar-refractivity contribution in [3.05, 3.63) is 33.8 Å². The molecule has 0 N–H and O–H groups in total. The Morgan fingerprint density at radius 2 is 2.00 bits per heavy atom. The van der Waals surface area contributed by atoms with Crippen molar-refractivity contribution in [2.75, 3.05) is 7.11 Å². The van der Waals surface area contributed by atoms with Crippen molar-refractivity contribution < 1.29 is 9.53 Å². The van der Waals surface area contributed by atoms with E-state index in [0.29, 0.717) is 11.8 Å². The average molecular weight is 349 g/mol. The van der Waals surface area contributed by atoms with Gasteiger partial charge in [0.05, 0.1) is 12.5 Å². The minimum atomic E-state index is -0.386. The van der Waals surface area contributed by atoms with Gasteiger partial charge in [0, 0.05) is 5.02 Å². The van der Waals surface area contributed by atoms with Gasteiger partial charge in [-0.25, -0.2) is 0 Å². The molecule has 3 heteroatoms. The van der Waals surface area contributed by atoms with Gasteiger partial charge in [0.2, 0.25) is 0 Å². The summed E-state index contributed by atoms with van der Waals surface area (Å²) < 4.78 is 5.18. The molecule has 0 bridgehead atoms. The summed E-state index contributed by atoms with van der Waals surface area (Å²) in [4.78, 5) is 12.6. The van der Waals surface area contributed by atoms with E-state index >= 15 is 0 Å². The number of hydrogen-bond donors (Lipinski definition) is 0. The number of fused-ring (bicyclic) bond motifs is 3. The van der Waals surface area contributed by atoms with E-state index in [2.05, 4.69) is 39.8 Å². The fourth-order valence-electron chi connectivity index (χ4n) is 5.43. The van der Waals surface area contributed by atoms with Crippen LogP contribution in [0, 0.1) is 11.3 Å². The van der Waals surface area contributed by atoms with Crippen molar-refractivity contribution in [3.8, 4) is 0 Å². The van der Waals surface area contributed by atoms with Gasteiger partial charge in [-0.3, -0.25) is 4.79 Å². The molecule has 3 rings (SSSR count). The number of benzene rings is 1. The molecule has 0 heterocycles. The summed E-state index contributed by atoms with van der Waals surface area (Å²) >= 11 is 6.62. The maximum absolute atomic E-state index is 12.6. The van der Waals surface area contributed by atoms with Crippen molar-refractivity contribution in [1.82, 2.24) is 0 Å². The van der Waals surface area contributed by atoms with Crippen molar-refractivity contribution in [1.29, 1.82) is 0 Å². The molecule has 0 aliphatic heterocycles. The molecule has 0 aromatic heterocycles. The zero-order chi connectivity index (χ0) is 17.7. The predicted molar refractivity (Wildman–Crippen MR) is 98.7 cm³/mol. The van der Waals surface area contributed by atoms with Crippen LogP contribution in [-0.4, -0.2) is 13.1 Å². The van der Waals surface area contributed by atoms with E-state index < -0.39 is 0 Å². The Labute approximate surface area is 150 Å². The predicted octanol–water partition coefficient (Wildman–Crippen LogP) is 5.65. The van der Waals surface area contributed by atoms with E-state index in [1.165, 1.54) is 23.8 Å². The summed E-state index contributed by atoms with van der Waals surface area (Å²) in [5.74, 6) is 0.700. The SMILES string of the molecule is COC(=O)[C@]1(C)CCC[C@]2(C)c3cc(Cl)c(C(C)C)cc3CC[C@@H]12. The molecule has 1 aromatic carbocycles. The maximum atomic E-state index is 12.6. The molecule has 2 aliphatic rings. The van der Waals surface area contributed by atoms with Gasteiger partial charge in [-0.1, -0.05) is 44.9 Å². The highest BCUT2D eigenvalue weighted by molar-refractivity contribution is 6.31. The number of carbonyl (C=O) groups excluding carboxylic acids is 1. The molecule has 1 saturated carbocycles. The van der Waals surface area contributed by atoms with Crippen LogP contribution >= 0.6 is 11.6 Å². The first-order valence-electron chi connectivity index (χ1n) is 9.15. The first kappa shape index (κ1) is 17.8. The second-order valence-corrected chi connectivity index (χ2v) is 8.86. The first-order valence-corrected chi connectivity index (χ1v) is 9.53. The monoisotopic (exact) mass is 348 g/mol. The highest BCUT2D eigenvalue weighted by atomic mass is 35.5. The van der Waals surface area contributed by atoms with Gasteiger partial charge in [0.15, 0.2) is 0 Å². The summed E-state index contributed by atoms with van der Waals surface area (Å²) in [5, 5.41) is 0.871. The van der Waals surface area contributed by atoms with Crippen LogP contribution in [0.4, 0.5) is 0 Å². The zero-order valence-electron chi connectivity index (χ0n) is 15.5. The Kier molecular flexibility index (Phi) is 4.49. The summed E-state index contributed by atoms with van der Waals surface area (Å²) in [5.41, 5.74) is 3.65. The van der Waals surface area contributed by atoms with E-state index in [1.807, 2.05) is 0 Å². The highest BCUT2D eigenvalue weighted by Crippen LogP contribution is 2.58. The Morgan fingerprint density at radius 1 is 1.29 bits per heavy atom. The van der Waals surface area contributed by atoms with Gasteiger partial charge in [-0.05, 0) is 72.6 Å². The van der Waals surface area contributed by atoms with Crippen molar-refractivity contribution in [2.45, 2.75) is 71.1 Å². The third-order valence-corrected chi connectivity index (χ3v) is 7.07. The Hall–Kier alpha value is -1.02. The van der Waals surface area contributed by atoms with E-state index in [0.717, 1.165) is 37.1 Å². The molecular formula is C21H29ClO2. The molecule has 0 spiro atoms. The van der Waals surface area contributed by atoms with Gasteiger partial charge in [-0.2, -0.15) is 0 Å². The van der Waals surface area contributed by atoms with E-state index in [9.17, 15) is 4.79 Å². The number of methoxy groups -OCH3 is 1. The van der Waals surface area contributed by atoms with Gasteiger partial charge in [0.1, 0.15) is 0 Å². The number of esters is 1. The highest BCUT2D eigenvalue weighted by Gasteiger charge is 2.55. The molecule has 2 nitrogen and oxygen atoms in total. The molecule has 1 fully saturated rings. The van der Waals surface area contributed by atoms with Crippen LogP contribution < -0.4 is 0 Å².